The lowest BCUT2D eigenvalue weighted by atomic mass is 10.1. The second kappa shape index (κ2) is 10.1. The summed E-state index contributed by atoms with van der Waals surface area (Å²) in [5.74, 6) is 0. The van der Waals surface area contributed by atoms with Crippen LogP contribution in [0.5, 0.6) is 0 Å². The van der Waals surface area contributed by atoms with Gasteiger partial charge in [-0.15, -0.1) is 10.2 Å². The fourth-order valence-corrected chi connectivity index (χ4v) is 5.57. The number of benzene rings is 2. The molecule has 202 valence electrons. The maximum absolute atomic E-state index is 4.60. The summed E-state index contributed by atoms with van der Waals surface area (Å²) in [6, 6.07) is 20.1. The maximum atomic E-state index is 4.60. The van der Waals surface area contributed by atoms with Crippen molar-refractivity contribution in [2.45, 2.75) is 25.7 Å². The first-order valence-electron chi connectivity index (χ1n) is 13.9. The summed E-state index contributed by atoms with van der Waals surface area (Å²) in [4.78, 5) is 18.3. The third kappa shape index (κ3) is 4.21. The second-order valence-electron chi connectivity index (χ2n) is 10.3. The quantitative estimate of drug-likeness (QED) is 0.187. The summed E-state index contributed by atoms with van der Waals surface area (Å²) in [7, 11) is 0. The Morgan fingerprint density at radius 2 is 0.929 bits per heavy atom. The van der Waals surface area contributed by atoms with Gasteiger partial charge in [-0.1, -0.05) is 22.6 Å². The molecule has 42 heavy (non-hydrogen) atoms. The molecule has 2 aromatic carbocycles. The van der Waals surface area contributed by atoms with Gasteiger partial charge < -0.3 is 0 Å². The standard InChI is InChI=1S/C32H24N10/c1(9-23-19-41(39-37-23)27-17-21-7-3-13-33-29(21)31-25(27)11-5-15-35-31)2-10-24-20-42(40-38-24)28-18-22-8-4-14-34-30(22)32-26(28)12-6-16-36-32/h3-8,11-20H,1-2,9-10H2. The van der Waals surface area contributed by atoms with E-state index in [0.29, 0.717) is 0 Å². The molecule has 0 unspecified atom stereocenters. The van der Waals surface area contributed by atoms with Crippen LogP contribution < -0.4 is 0 Å². The van der Waals surface area contributed by atoms with E-state index in [1.807, 2.05) is 58.2 Å². The molecule has 6 heterocycles. The molecule has 0 saturated carbocycles. The molecular formula is C32H24N10. The van der Waals surface area contributed by atoms with Crippen LogP contribution in [0.4, 0.5) is 0 Å². The lowest BCUT2D eigenvalue weighted by Gasteiger charge is -2.08. The van der Waals surface area contributed by atoms with Gasteiger partial charge in [0.25, 0.3) is 0 Å². The number of aryl methyl sites for hydroxylation is 2. The SMILES string of the molecule is c1cnc2c(c1)cc(-n1cc(CCCCc3cn(-c4cc5cccnc5c5ncccc45)nn3)nn1)c1cccnc12. The zero-order valence-electron chi connectivity index (χ0n) is 22.5. The van der Waals surface area contributed by atoms with Gasteiger partial charge in [0.15, 0.2) is 0 Å². The smallest absolute Gasteiger partial charge is 0.0986 e. The highest BCUT2D eigenvalue weighted by molar-refractivity contribution is 6.07. The molecule has 0 radical (unpaired) electrons. The van der Waals surface area contributed by atoms with Crippen molar-refractivity contribution >= 4 is 43.6 Å². The first-order valence-corrected chi connectivity index (χ1v) is 13.9. The highest BCUT2D eigenvalue weighted by Crippen LogP contribution is 2.29. The van der Waals surface area contributed by atoms with E-state index in [0.717, 1.165) is 92.1 Å². The van der Waals surface area contributed by atoms with E-state index in [1.54, 1.807) is 24.8 Å². The van der Waals surface area contributed by atoms with Gasteiger partial charge in [-0.2, -0.15) is 0 Å². The average molecular weight is 549 g/mol. The summed E-state index contributed by atoms with van der Waals surface area (Å²) in [6.45, 7) is 0. The maximum Gasteiger partial charge on any atom is 0.0986 e. The van der Waals surface area contributed by atoms with Crippen LogP contribution in [-0.2, 0) is 12.8 Å². The Balaban J connectivity index is 0.975. The Labute approximate surface area is 239 Å². The van der Waals surface area contributed by atoms with E-state index < -0.39 is 0 Å². The molecule has 0 bridgehead atoms. The van der Waals surface area contributed by atoms with E-state index in [1.165, 1.54) is 0 Å². The highest BCUT2D eigenvalue weighted by atomic mass is 15.4. The molecule has 8 rings (SSSR count). The predicted octanol–water partition coefficient (Wildman–Crippen LogP) is 5.61. The molecule has 8 aromatic rings. The van der Waals surface area contributed by atoms with Gasteiger partial charge in [0, 0.05) is 46.3 Å². The molecule has 10 nitrogen and oxygen atoms in total. The first-order chi connectivity index (χ1) is 20.8. The minimum atomic E-state index is 0.827. The third-order valence-corrected chi connectivity index (χ3v) is 7.57. The fourth-order valence-electron chi connectivity index (χ4n) is 5.57. The van der Waals surface area contributed by atoms with Gasteiger partial charge in [-0.3, -0.25) is 19.9 Å². The number of unbranched alkanes of at least 4 members (excludes halogenated alkanes) is 1. The number of hydrogen-bond donors (Lipinski definition) is 0. The third-order valence-electron chi connectivity index (χ3n) is 7.57. The summed E-state index contributed by atoms with van der Waals surface area (Å²) in [5.41, 5.74) is 7.28. The van der Waals surface area contributed by atoms with Gasteiger partial charge in [-0.25, -0.2) is 9.36 Å². The van der Waals surface area contributed by atoms with Crippen molar-refractivity contribution < 1.29 is 0 Å². The predicted molar refractivity (Wildman–Crippen MR) is 161 cm³/mol. The highest BCUT2D eigenvalue weighted by Gasteiger charge is 2.14. The van der Waals surface area contributed by atoms with Crippen molar-refractivity contribution in [2.24, 2.45) is 0 Å². The van der Waals surface area contributed by atoms with Crippen LogP contribution in [0.3, 0.4) is 0 Å². The second-order valence-corrected chi connectivity index (χ2v) is 10.3. The molecule has 0 amide bonds. The van der Waals surface area contributed by atoms with Crippen LogP contribution in [-0.4, -0.2) is 49.9 Å². The molecule has 0 atom stereocenters. The molecule has 0 spiro atoms. The van der Waals surface area contributed by atoms with Crippen LogP contribution in [0.25, 0.3) is 55.0 Å². The molecule has 6 aromatic heterocycles. The summed E-state index contributed by atoms with van der Waals surface area (Å²) in [5, 5.41) is 21.8. The minimum Gasteiger partial charge on any atom is -0.254 e. The van der Waals surface area contributed by atoms with Crippen molar-refractivity contribution in [3.05, 3.63) is 109 Å². The number of pyridine rings is 4. The van der Waals surface area contributed by atoms with Crippen LogP contribution in [0.15, 0.2) is 97.8 Å². The first kappa shape index (κ1) is 24.2. The Kier molecular flexibility index (Phi) is 5.80. The normalized spacial score (nSPS) is 11.7. The molecule has 0 aliphatic carbocycles. The monoisotopic (exact) mass is 548 g/mol. The van der Waals surface area contributed by atoms with E-state index in [2.05, 4.69) is 64.8 Å². The number of aromatic nitrogens is 10. The van der Waals surface area contributed by atoms with Crippen LogP contribution in [0, 0.1) is 0 Å². The Hall–Kier alpha value is -5.64. The topological polar surface area (TPSA) is 113 Å². The van der Waals surface area contributed by atoms with E-state index >= 15 is 0 Å². The number of hydrogen-bond acceptors (Lipinski definition) is 8. The zero-order valence-corrected chi connectivity index (χ0v) is 22.5. The lowest BCUT2D eigenvalue weighted by molar-refractivity contribution is 0.705. The summed E-state index contributed by atoms with van der Waals surface area (Å²) >= 11 is 0. The van der Waals surface area contributed by atoms with E-state index in [4.69, 9.17) is 0 Å². The number of nitrogens with zero attached hydrogens (tertiary/aromatic N) is 10. The van der Waals surface area contributed by atoms with Crippen molar-refractivity contribution in [1.82, 2.24) is 49.9 Å². The van der Waals surface area contributed by atoms with Crippen molar-refractivity contribution in [2.75, 3.05) is 0 Å². The van der Waals surface area contributed by atoms with Crippen molar-refractivity contribution in [3.8, 4) is 11.4 Å². The Bertz CT molecular complexity index is 2070. The van der Waals surface area contributed by atoms with Gasteiger partial charge in [0.05, 0.1) is 57.2 Å². The molecule has 0 fully saturated rings. The fraction of sp³-hybridized carbons (Fsp3) is 0.125. The Morgan fingerprint density at radius 3 is 1.40 bits per heavy atom. The van der Waals surface area contributed by atoms with Gasteiger partial charge in [0.1, 0.15) is 0 Å². The zero-order chi connectivity index (χ0) is 27.9. The van der Waals surface area contributed by atoms with Gasteiger partial charge in [-0.05, 0) is 74.2 Å². The van der Waals surface area contributed by atoms with Crippen molar-refractivity contribution in [1.29, 1.82) is 0 Å². The van der Waals surface area contributed by atoms with Gasteiger partial charge in [0.2, 0.25) is 0 Å². The van der Waals surface area contributed by atoms with E-state index in [-0.39, 0.29) is 0 Å². The minimum absolute atomic E-state index is 0.827. The summed E-state index contributed by atoms with van der Waals surface area (Å²) < 4.78 is 3.69. The van der Waals surface area contributed by atoms with Crippen LogP contribution in [0.1, 0.15) is 24.2 Å². The lowest BCUT2D eigenvalue weighted by Crippen LogP contribution is -1.98. The molecule has 0 aliphatic rings. The van der Waals surface area contributed by atoms with E-state index in [9.17, 15) is 0 Å². The molecule has 0 N–H and O–H groups in total. The number of rotatable bonds is 7. The molecule has 0 aliphatic heterocycles. The van der Waals surface area contributed by atoms with Crippen LogP contribution in [0.2, 0.25) is 0 Å². The average Bonchev–Trinajstić information content (AvgIpc) is 3.72. The molecular weight excluding hydrogens is 524 g/mol. The Morgan fingerprint density at radius 1 is 0.500 bits per heavy atom. The molecule has 10 heteroatoms. The molecule has 0 saturated heterocycles. The number of fused-ring (bicyclic) bond motifs is 6. The largest absolute Gasteiger partial charge is 0.254 e. The summed E-state index contributed by atoms with van der Waals surface area (Å²) in [6.07, 6.45) is 14.8. The van der Waals surface area contributed by atoms with Crippen molar-refractivity contribution in [3.63, 3.8) is 0 Å². The van der Waals surface area contributed by atoms with Gasteiger partial charge >= 0.3 is 0 Å². The van der Waals surface area contributed by atoms with Crippen LogP contribution >= 0.6 is 0 Å².